The van der Waals surface area contributed by atoms with Crippen molar-refractivity contribution in [3.8, 4) is 5.69 Å². The second kappa shape index (κ2) is 8.08. The van der Waals surface area contributed by atoms with E-state index in [1.807, 2.05) is 0 Å². The number of nitrogens with zero attached hydrogens (tertiary/aromatic N) is 3. The highest BCUT2D eigenvalue weighted by Gasteiger charge is 2.26. The van der Waals surface area contributed by atoms with Crippen LogP contribution in [0.1, 0.15) is 24.6 Å². The number of hydrogen-bond acceptors (Lipinski definition) is 3. The van der Waals surface area contributed by atoms with Gasteiger partial charge in [-0.05, 0) is 61.4 Å². The number of nitrogens with one attached hydrogen (secondary N) is 2. The van der Waals surface area contributed by atoms with Gasteiger partial charge in [-0.1, -0.05) is 11.6 Å². The molecule has 7 nitrogen and oxygen atoms in total. The topological polar surface area (TPSA) is 83.0 Å². The van der Waals surface area contributed by atoms with Crippen molar-refractivity contribution in [2.45, 2.75) is 18.8 Å². The molecule has 0 unspecified atom stereocenters. The fourth-order valence-electron chi connectivity index (χ4n) is 3.37. The van der Waals surface area contributed by atoms with Gasteiger partial charge in [0.25, 0.3) is 0 Å². The lowest BCUT2D eigenvalue weighted by atomic mass is 9.96. The van der Waals surface area contributed by atoms with Crippen LogP contribution in [0.15, 0.2) is 53.3 Å². The third kappa shape index (κ3) is 4.32. The lowest BCUT2D eigenvalue weighted by Gasteiger charge is -2.31. The normalized spacial score (nSPS) is 14.8. The molecule has 1 aliphatic rings. The van der Waals surface area contributed by atoms with Crippen LogP contribution in [0.4, 0.5) is 14.9 Å². The molecule has 0 saturated carbocycles. The van der Waals surface area contributed by atoms with Crippen molar-refractivity contribution in [3.05, 3.63) is 75.7 Å². The first-order valence-corrected chi connectivity index (χ1v) is 9.64. The zero-order valence-corrected chi connectivity index (χ0v) is 16.2. The Morgan fingerprint density at radius 3 is 2.41 bits per heavy atom. The number of amides is 2. The van der Waals surface area contributed by atoms with E-state index in [2.05, 4.69) is 15.4 Å². The number of aromatic nitrogens is 3. The van der Waals surface area contributed by atoms with Gasteiger partial charge in [0, 0.05) is 29.7 Å². The first kappa shape index (κ1) is 19.2. The van der Waals surface area contributed by atoms with Crippen LogP contribution in [0.3, 0.4) is 0 Å². The molecule has 0 spiro atoms. The van der Waals surface area contributed by atoms with E-state index >= 15 is 0 Å². The predicted octanol–water partition coefficient (Wildman–Crippen LogP) is 3.76. The van der Waals surface area contributed by atoms with Crippen LogP contribution in [0.5, 0.6) is 0 Å². The standard InChI is InChI=1S/C20H19ClFN5O2/c21-14-1-5-16(6-2-14)23-19(28)26-11-9-13(10-12-26)18-24-20(29)27(25-18)17-7-3-15(22)4-8-17/h1-8,13H,9-12H2,(H,23,28)(H,24,25,29). The molecule has 0 atom stereocenters. The van der Waals surface area contributed by atoms with Gasteiger partial charge in [0.1, 0.15) is 11.6 Å². The molecule has 0 bridgehead atoms. The van der Waals surface area contributed by atoms with Crippen molar-refractivity contribution >= 4 is 23.3 Å². The number of carbonyl (C=O) groups is 1. The van der Waals surface area contributed by atoms with Gasteiger partial charge in [-0.25, -0.2) is 14.0 Å². The first-order valence-electron chi connectivity index (χ1n) is 9.26. The number of carbonyl (C=O) groups excluding carboxylic acids is 1. The van der Waals surface area contributed by atoms with E-state index in [1.54, 1.807) is 29.2 Å². The number of rotatable bonds is 3. The summed E-state index contributed by atoms with van der Waals surface area (Å²) in [6.45, 7) is 1.10. The lowest BCUT2D eigenvalue weighted by molar-refractivity contribution is 0.193. The van der Waals surface area contributed by atoms with Crippen LogP contribution >= 0.6 is 11.6 Å². The third-order valence-corrected chi connectivity index (χ3v) is 5.22. The molecule has 2 aromatic carbocycles. The quantitative estimate of drug-likeness (QED) is 0.683. The Kier molecular flexibility index (Phi) is 5.35. The van der Waals surface area contributed by atoms with Gasteiger partial charge in [-0.2, -0.15) is 4.68 Å². The van der Waals surface area contributed by atoms with Crippen LogP contribution < -0.4 is 11.0 Å². The summed E-state index contributed by atoms with van der Waals surface area (Å²) in [4.78, 5) is 29.2. The van der Waals surface area contributed by atoms with Gasteiger partial charge in [-0.3, -0.25) is 4.98 Å². The largest absolute Gasteiger partial charge is 0.348 e. The summed E-state index contributed by atoms with van der Waals surface area (Å²) < 4.78 is 14.3. The minimum Gasteiger partial charge on any atom is -0.324 e. The number of likely N-dealkylation sites (tertiary alicyclic amines) is 1. The summed E-state index contributed by atoms with van der Waals surface area (Å²) in [5.74, 6) is 0.253. The molecule has 2 amide bonds. The highest BCUT2D eigenvalue weighted by Crippen LogP contribution is 2.25. The van der Waals surface area contributed by atoms with Gasteiger partial charge in [0.15, 0.2) is 0 Å². The maximum absolute atomic E-state index is 13.1. The van der Waals surface area contributed by atoms with E-state index in [0.29, 0.717) is 48.2 Å². The molecular weight excluding hydrogens is 397 g/mol. The summed E-state index contributed by atoms with van der Waals surface area (Å²) in [7, 11) is 0. The molecular formula is C20H19ClFN5O2. The molecule has 2 heterocycles. The first-order chi connectivity index (χ1) is 14.0. The lowest BCUT2D eigenvalue weighted by Crippen LogP contribution is -2.40. The van der Waals surface area contributed by atoms with Crippen LogP contribution in [0.25, 0.3) is 5.69 Å². The molecule has 1 saturated heterocycles. The van der Waals surface area contributed by atoms with Crippen molar-refractivity contribution in [1.29, 1.82) is 0 Å². The molecule has 29 heavy (non-hydrogen) atoms. The molecule has 9 heteroatoms. The Morgan fingerprint density at radius 1 is 1.10 bits per heavy atom. The van der Waals surface area contributed by atoms with Crippen molar-refractivity contribution in [1.82, 2.24) is 19.7 Å². The van der Waals surface area contributed by atoms with E-state index in [1.165, 1.54) is 28.9 Å². The molecule has 0 aliphatic carbocycles. The maximum Gasteiger partial charge on any atom is 0.348 e. The van der Waals surface area contributed by atoms with Gasteiger partial charge < -0.3 is 10.2 Å². The van der Waals surface area contributed by atoms with Gasteiger partial charge in [0.2, 0.25) is 0 Å². The Morgan fingerprint density at radius 2 is 1.76 bits per heavy atom. The molecule has 3 aromatic rings. The van der Waals surface area contributed by atoms with E-state index in [4.69, 9.17) is 11.6 Å². The SMILES string of the molecule is O=C(Nc1ccc(Cl)cc1)N1CCC(c2nn(-c3ccc(F)cc3)c(=O)[nH]2)CC1. The minimum atomic E-state index is -0.373. The van der Waals surface area contributed by atoms with Crippen molar-refractivity contribution in [2.75, 3.05) is 18.4 Å². The summed E-state index contributed by atoms with van der Waals surface area (Å²) in [5, 5.41) is 7.84. The Labute approximate surface area is 171 Å². The highest BCUT2D eigenvalue weighted by atomic mass is 35.5. The summed E-state index contributed by atoms with van der Waals surface area (Å²) in [6.07, 6.45) is 1.37. The highest BCUT2D eigenvalue weighted by molar-refractivity contribution is 6.30. The number of urea groups is 1. The Hall–Kier alpha value is -3.13. The molecule has 1 fully saturated rings. The van der Waals surface area contributed by atoms with E-state index in [9.17, 15) is 14.0 Å². The predicted molar refractivity (Wildman–Crippen MR) is 108 cm³/mol. The Balaban J connectivity index is 1.39. The van der Waals surface area contributed by atoms with E-state index in [0.717, 1.165) is 0 Å². The fraction of sp³-hybridized carbons (Fsp3) is 0.250. The molecule has 150 valence electrons. The van der Waals surface area contributed by atoms with Gasteiger partial charge in [0.05, 0.1) is 5.69 Å². The zero-order valence-electron chi connectivity index (χ0n) is 15.4. The van der Waals surface area contributed by atoms with Crippen LogP contribution in [0, 0.1) is 5.82 Å². The van der Waals surface area contributed by atoms with Gasteiger partial charge in [-0.15, -0.1) is 5.10 Å². The molecule has 1 aliphatic heterocycles. The number of hydrogen-bond donors (Lipinski definition) is 2. The van der Waals surface area contributed by atoms with Crippen molar-refractivity contribution < 1.29 is 9.18 Å². The number of H-pyrrole nitrogens is 1. The van der Waals surface area contributed by atoms with Gasteiger partial charge >= 0.3 is 11.7 Å². The van der Waals surface area contributed by atoms with Crippen LogP contribution in [0.2, 0.25) is 5.02 Å². The summed E-state index contributed by atoms with van der Waals surface area (Å²) in [5.41, 5.74) is 0.817. The summed E-state index contributed by atoms with van der Waals surface area (Å²) in [6, 6.07) is 12.3. The van der Waals surface area contributed by atoms with Crippen LogP contribution in [-0.4, -0.2) is 38.8 Å². The minimum absolute atomic E-state index is 0.0454. The van der Waals surface area contributed by atoms with Crippen molar-refractivity contribution in [2.24, 2.45) is 0 Å². The Bertz CT molecular complexity index is 1050. The molecule has 1 aromatic heterocycles. The average Bonchev–Trinajstić information content (AvgIpc) is 3.12. The number of halogens is 2. The molecule has 4 rings (SSSR count). The smallest absolute Gasteiger partial charge is 0.324 e. The van der Waals surface area contributed by atoms with Crippen molar-refractivity contribution in [3.63, 3.8) is 0 Å². The molecule has 0 radical (unpaired) electrons. The monoisotopic (exact) mass is 415 g/mol. The summed E-state index contributed by atoms with van der Waals surface area (Å²) >= 11 is 5.86. The number of piperidine rings is 1. The third-order valence-electron chi connectivity index (χ3n) is 4.97. The number of anilines is 1. The average molecular weight is 416 g/mol. The zero-order chi connectivity index (χ0) is 20.4. The second-order valence-electron chi connectivity index (χ2n) is 6.90. The number of aromatic amines is 1. The molecule has 2 N–H and O–H groups in total. The number of benzene rings is 2. The van der Waals surface area contributed by atoms with E-state index in [-0.39, 0.29) is 23.5 Å². The fourth-order valence-corrected chi connectivity index (χ4v) is 3.50. The second-order valence-corrected chi connectivity index (χ2v) is 7.34. The van der Waals surface area contributed by atoms with E-state index < -0.39 is 0 Å². The maximum atomic E-state index is 13.1. The van der Waals surface area contributed by atoms with Crippen LogP contribution in [-0.2, 0) is 0 Å².